The van der Waals surface area contributed by atoms with E-state index in [0.29, 0.717) is 18.2 Å². The maximum atomic E-state index is 12.8. The molecular formula is C17H18N4O2S. The molecule has 1 saturated heterocycles. The first-order valence-corrected chi connectivity index (χ1v) is 8.50. The maximum absolute atomic E-state index is 12.8. The molecule has 2 unspecified atom stereocenters. The predicted octanol–water partition coefficient (Wildman–Crippen LogP) is 1.79. The number of likely N-dealkylation sites (tertiary alicyclic amines) is 1. The predicted molar refractivity (Wildman–Crippen MR) is 92.2 cm³/mol. The molecule has 2 atom stereocenters. The van der Waals surface area contributed by atoms with Gasteiger partial charge in [-0.3, -0.25) is 9.69 Å². The number of anilines is 1. The Kier molecular flexibility index (Phi) is 4.79. The Morgan fingerprint density at radius 1 is 1.46 bits per heavy atom. The van der Waals surface area contributed by atoms with Crippen molar-refractivity contribution in [2.24, 2.45) is 11.8 Å². The minimum atomic E-state index is -0.385. The van der Waals surface area contributed by atoms with Crippen LogP contribution in [0.3, 0.4) is 0 Å². The van der Waals surface area contributed by atoms with Gasteiger partial charge in [0.1, 0.15) is 0 Å². The Labute approximate surface area is 144 Å². The Morgan fingerprint density at radius 3 is 2.88 bits per heavy atom. The molecule has 0 saturated carbocycles. The number of amides is 1. The normalized spacial score (nSPS) is 20.0. The number of rotatable bonds is 4. The maximum Gasteiger partial charge on any atom is 0.233 e. The average Bonchev–Trinajstić information content (AvgIpc) is 3.28. The number of hydrogen-bond acceptors (Lipinski definition) is 6. The van der Waals surface area contributed by atoms with Crippen LogP contribution in [0.5, 0.6) is 0 Å². The first-order chi connectivity index (χ1) is 11.6. The number of aliphatic hydroxyl groups is 1. The Morgan fingerprint density at radius 2 is 2.21 bits per heavy atom. The summed E-state index contributed by atoms with van der Waals surface area (Å²) in [5.74, 6) is -0.711. The summed E-state index contributed by atoms with van der Waals surface area (Å²) >= 11 is 1.45. The highest BCUT2D eigenvalue weighted by molar-refractivity contribution is 7.19. The molecule has 1 aliphatic heterocycles. The van der Waals surface area contributed by atoms with Crippen molar-refractivity contribution < 1.29 is 9.90 Å². The summed E-state index contributed by atoms with van der Waals surface area (Å²) in [5.41, 5.74) is 1.06. The largest absolute Gasteiger partial charge is 0.396 e. The fourth-order valence-corrected chi connectivity index (χ4v) is 3.80. The smallest absolute Gasteiger partial charge is 0.233 e. The van der Waals surface area contributed by atoms with E-state index in [0.717, 1.165) is 10.4 Å². The van der Waals surface area contributed by atoms with Crippen molar-refractivity contribution in [3.63, 3.8) is 0 Å². The Balaban J connectivity index is 1.77. The molecule has 1 N–H and O–H groups in total. The SMILES string of the molecule is CN(C(=O)C1CN(C#N)CC1CO)c1ncc(-c2ccccc2)s1. The lowest BCUT2D eigenvalue weighted by atomic mass is 9.96. The molecule has 0 bridgehead atoms. The van der Waals surface area contributed by atoms with Gasteiger partial charge in [-0.25, -0.2) is 4.98 Å². The van der Waals surface area contributed by atoms with E-state index in [1.54, 1.807) is 13.2 Å². The van der Waals surface area contributed by atoms with E-state index in [9.17, 15) is 9.90 Å². The highest BCUT2D eigenvalue weighted by Gasteiger charge is 2.39. The molecule has 7 heteroatoms. The van der Waals surface area contributed by atoms with Crippen LogP contribution in [0, 0.1) is 23.3 Å². The van der Waals surface area contributed by atoms with Crippen LogP contribution in [0.1, 0.15) is 0 Å². The molecule has 1 amide bonds. The van der Waals surface area contributed by atoms with E-state index >= 15 is 0 Å². The Bertz CT molecular complexity index is 755. The summed E-state index contributed by atoms with van der Waals surface area (Å²) in [6, 6.07) is 9.89. The van der Waals surface area contributed by atoms with Crippen molar-refractivity contribution in [3.05, 3.63) is 36.5 Å². The van der Waals surface area contributed by atoms with Crippen LogP contribution in [-0.2, 0) is 4.79 Å². The molecule has 2 heterocycles. The minimum absolute atomic E-state index is 0.102. The van der Waals surface area contributed by atoms with Crippen LogP contribution in [0.2, 0.25) is 0 Å². The van der Waals surface area contributed by atoms with Crippen molar-refractivity contribution in [2.45, 2.75) is 0 Å². The topological polar surface area (TPSA) is 80.5 Å². The summed E-state index contributed by atoms with van der Waals surface area (Å²) in [5, 5.41) is 19.1. The van der Waals surface area contributed by atoms with E-state index in [4.69, 9.17) is 5.26 Å². The van der Waals surface area contributed by atoms with Crippen LogP contribution < -0.4 is 4.90 Å². The van der Waals surface area contributed by atoms with Crippen molar-refractivity contribution in [2.75, 3.05) is 31.6 Å². The summed E-state index contributed by atoms with van der Waals surface area (Å²) in [7, 11) is 1.69. The van der Waals surface area contributed by atoms with Gasteiger partial charge in [0.25, 0.3) is 0 Å². The van der Waals surface area contributed by atoms with Crippen LogP contribution in [0.4, 0.5) is 5.13 Å². The molecular weight excluding hydrogens is 324 g/mol. The first-order valence-electron chi connectivity index (χ1n) is 7.68. The van der Waals surface area contributed by atoms with Gasteiger partial charge in [0.05, 0.1) is 10.8 Å². The van der Waals surface area contributed by atoms with Gasteiger partial charge in [-0.2, -0.15) is 5.26 Å². The molecule has 0 radical (unpaired) electrons. The Hall–Kier alpha value is -2.43. The summed E-state index contributed by atoms with van der Waals surface area (Å²) in [6.07, 6.45) is 3.82. The van der Waals surface area contributed by atoms with E-state index in [1.165, 1.54) is 21.1 Å². The zero-order valence-electron chi connectivity index (χ0n) is 13.3. The summed E-state index contributed by atoms with van der Waals surface area (Å²) in [4.78, 5) is 21.2. The van der Waals surface area contributed by atoms with Gasteiger partial charge < -0.3 is 10.0 Å². The zero-order chi connectivity index (χ0) is 17.1. The second-order valence-electron chi connectivity index (χ2n) is 5.82. The molecule has 1 fully saturated rings. The molecule has 2 aromatic rings. The van der Waals surface area contributed by atoms with Crippen molar-refractivity contribution >= 4 is 22.4 Å². The average molecular weight is 342 g/mol. The number of aromatic nitrogens is 1. The second-order valence-corrected chi connectivity index (χ2v) is 6.83. The molecule has 124 valence electrons. The van der Waals surface area contributed by atoms with Crippen molar-refractivity contribution in [1.29, 1.82) is 5.26 Å². The third-order valence-corrected chi connectivity index (χ3v) is 5.43. The number of hydrogen-bond donors (Lipinski definition) is 1. The van der Waals surface area contributed by atoms with Crippen LogP contribution >= 0.6 is 11.3 Å². The van der Waals surface area contributed by atoms with Gasteiger partial charge >= 0.3 is 0 Å². The van der Waals surface area contributed by atoms with Crippen molar-refractivity contribution in [3.8, 4) is 16.6 Å². The number of nitrogens with zero attached hydrogens (tertiary/aromatic N) is 4. The number of carbonyl (C=O) groups is 1. The van der Waals surface area contributed by atoms with Gasteiger partial charge in [0.2, 0.25) is 5.91 Å². The van der Waals surface area contributed by atoms with Crippen molar-refractivity contribution in [1.82, 2.24) is 9.88 Å². The number of nitriles is 1. The number of thiazole rings is 1. The molecule has 1 aromatic heterocycles. The highest BCUT2D eigenvalue weighted by atomic mass is 32.1. The molecule has 6 nitrogen and oxygen atoms in total. The molecule has 3 rings (SSSR count). The lowest BCUT2D eigenvalue weighted by Crippen LogP contribution is -2.37. The third-order valence-electron chi connectivity index (χ3n) is 4.30. The highest BCUT2D eigenvalue weighted by Crippen LogP contribution is 2.32. The molecule has 1 aromatic carbocycles. The molecule has 24 heavy (non-hydrogen) atoms. The molecule has 0 spiro atoms. The fraction of sp³-hybridized carbons (Fsp3) is 0.353. The lowest BCUT2D eigenvalue weighted by molar-refractivity contribution is -0.123. The molecule has 0 aliphatic carbocycles. The molecule has 1 aliphatic rings. The van der Waals surface area contributed by atoms with Gasteiger partial charge in [-0.05, 0) is 5.56 Å². The van der Waals surface area contributed by atoms with Crippen LogP contribution in [-0.4, -0.2) is 47.6 Å². The standard InChI is InChI=1S/C17H18N4O2S/c1-20(16(23)14-9-21(11-18)8-13(14)10-22)17-19-7-15(24-17)12-5-3-2-4-6-12/h2-7,13-14,22H,8-10H2,1H3. The van der Waals surface area contributed by atoms with E-state index in [1.807, 2.05) is 30.3 Å². The first kappa shape index (κ1) is 16.4. The summed E-state index contributed by atoms with van der Waals surface area (Å²) in [6.45, 7) is 0.668. The van der Waals surface area contributed by atoms with Gasteiger partial charge in [0, 0.05) is 38.9 Å². The van der Waals surface area contributed by atoms with E-state index in [2.05, 4.69) is 11.2 Å². The quantitative estimate of drug-likeness (QED) is 0.857. The fourth-order valence-electron chi connectivity index (χ4n) is 2.92. The number of benzene rings is 1. The van der Waals surface area contributed by atoms with Gasteiger partial charge in [-0.15, -0.1) is 0 Å². The van der Waals surface area contributed by atoms with E-state index in [-0.39, 0.29) is 24.3 Å². The second kappa shape index (κ2) is 6.99. The minimum Gasteiger partial charge on any atom is -0.396 e. The summed E-state index contributed by atoms with van der Waals surface area (Å²) < 4.78 is 0. The van der Waals surface area contributed by atoms with E-state index < -0.39 is 0 Å². The van der Waals surface area contributed by atoms with Crippen LogP contribution in [0.25, 0.3) is 10.4 Å². The lowest BCUT2D eigenvalue weighted by Gasteiger charge is -2.21. The van der Waals surface area contributed by atoms with Gasteiger partial charge in [-0.1, -0.05) is 41.7 Å². The van der Waals surface area contributed by atoms with Gasteiger partial charge in [0.15, 0.2) is 11.3 Å². The van der Waals surface area contributed by atoms with Crippen LogP contribution in [0.15, 0.2) is 36.5 Å². The third kappa shape index (κ3) is 3.11. The monoisotopic (exact) mass is 342 g/mol. The zero-order valence-corrected chi connectivity index (χ0v) is 14.1. The number of carbonyl (C=O) groups excluding carboxylic acids is 1. The number of aliphatic hydroxyl groups excluding tert-OH is 1.